The van der Waals surface area contributed by atoms with E-state index in [1.54, 1.807) is 19.1 Å². The molecule has 0 bridgehead atoms. The Morgan fingerprint density at radius 1 is 1.14 bits per heavy atom. The topological polar surface area (TPSA) is 66.1 Å². The highest BCUT2D eigenvalue weighted by Crippen LogP contribution is 2.24. The van der Waals surface area contributed by atoms with E-state index < -0.39 is 17.5 Å². The Hall–Kier alpha value is -3.16. The molecular formula is C20H18F3N3O2. The third-order valence-electron chi connectivity index (χ3n) is 4.40. The van der Waals surface area contributed by atoms with Crippen LogP contribution in [-0.2, 0) is 6.54 Å². The zero-order valence-corrected chi connectivity index (χ0v) is 15.3. The van der Waals surface area contributed by atoms with Gasteiger partial charge in [0.15, 0.2) is 0 Å². The molecule has 0 saturated carbocycles. The maximum absolute atomic E-state index is 12.5. The van der Waals surface area contributed by atoms with E-state index in [0.29, 0.717) is 35.5 Å². The number of nitrogens with zero attached hydrogens (tertiary/aromatic N) is 2. The fourth-order valence-corrected chi connectivity index (χ4v) is 2.99. The standard InChI is InChI=1S/C20H18F3N3O2/c1-3-26(15-7-5-14(6-8-15)18(27)20(21,22)23)11-13-4-9-17-16(10-13)19(28)25-12(2)24-17/h4-10H,3,11H2,1-2H3,(H,24,25,28). The molecule has 0 fully saturated rings. The molecule has 3 rings (SSSR count). The van der Waals surface area contributed by atoms with Gasteiger partial charge >= 0.3 is 6.18 Å². The van der Waals surface area contributed by atoms with E-state index in [2.05, 4.69) is 9.97 Å². The predicted octanol–water partition coefficient (Wildman–Crippen LogP) is 4.00. The van der Waals surface area contributed by atoms with Crippen LogP contribution in [0.25, 0.3) is 10.9 Å². The Morgan fingerprint density at radius 2 is 1.82 bits per heavy atom. The van der Waals surface area contributed by atoms with E-state index in [0.717, 1.165) is 5.56 Å². The van der Waals surface area contributed by atoms with Crippen LogP contribution in [0.4, 0.5) is 18.9 Å². The average Bonchev–Trinajstić information content (AvgIpc) is 2.65. The molecule has 1 aromatic heterocycles. The second kappa shape index (κ2) is 7.46. The second-order valence-electron chi connectivity index (χ2n) is 6.39. The Morgan fingerprint density at radius 3 is 2.43 bits per heavy atom. The first kappa shape index (κ1) is 19.6. The Labute approximate surface area is 158 Å². The van der Waals surface area contributed by atoms with Crippen LogP contribution < -0.4 is 10.5 Å². The summed E-state index contributed by atoms with van der Waals surface area (Å²) in [7, 11) is 0. The molecule has 5 nitrogen and oxygen atoms in total. The molecule has 0 saturated heterocycles. The van der Waals surface area contributed by atoms with E-state index in [1.807, 2.05) is 17.9 Å². The number of fused-ring (bicyclic) bond motifs is 1. The van der Waals surface area contributed by atoms with Gasteiger partial charge in [0, 0.05) is 24.3 Å². The number of H-pyrrole nitrogens is 1. The van der Waals surface area contributed by atoms with Crippen molar-refractivity contribution < 1.29 is 18.0 Å². The number of aryl methyl sites for hydroxylation is 1. The van der Waals surface area contributed by atoms with Crippen LogP contribution in [0.15, 0.2) is 47.3 Å². The fraction of sp³-hybridized carbons (Fsp3) is 0.250. The average molecular weight is 389 g/mol. The maximum Gasteiger partial charge on any atom is 0.454 e. The van der Waals surface area contributed by atoms with Crippen molar-refractivity contribution in [2.24, 2.45) is 0 Å². The van der Waals surface area contributed by atoms with E-state index in [1.165, 1.54) is 24.3 Å². The SMILES string of the molecule is CCN(Cc1ccc2nc(C)[nH]c(=O)c2c1)c1ccc(C(=O)C(F)(F)F)cc1. The van der Waals surface area contributed by atoms with Gasteiger partial charge in [-0.3, -0.25) is 9.59 Å². The Kier molecular flexibility index (Phi) is 5.22. The number of aromatic amines is 1. The van der Waals surface area contributed by atoms with E-state index in [-0.39, 0.29) is 5.56 Å². The van der Waals surface area contributed by atoms with Crippen molar-refractivity contribution in [2.45, 2.75) is 26.6 Å². The summed E-state index contributed by atoms with van der Waals surface area (Å²) in [6.45, 7) is 4.66. The van der Waals surface area contributed by atoms with Crippen LogP contribution >= 0.6 is 0 Å². The molecule has 1 N–H and O–H groups in total. The molecule has 0 spiro atoms. The van der Waals surface area contributed by atoms with Gasteiger partial charge in [0.25, 0.3) is 11.3 Å². The number of anilines is 1. The molecule has 146 valence electrons. The van der Waals surface area contributed by atoms with E-state index >= 15 is 0 Å². The van der Waals surface area contributed by atoms with Crippen molar-refractivity contribution >= 4 is 22.4 Å². The molecule has 3 aromatic rings. The summed E-state index contributed by atoms with van der Waals surface area (Å²) >= 11 is 0. The van der Waals surface area contributed by atoms with Gasteiger partial charge in [-0.25, -0.2) is 4.98 Å². The van der Waals surface area contributed by atoms with Gasteiger partial charge in [-0.15, -0.1) is 0 Å². The first-order chi connectivity index (χ1) is 13.2. The van der Waals surface area contributed by atoms with Gasteiger partial charge in [-0.1, -0.05) is 6.07 Å². The number of hydrogen-bond acceptors (Lipinski definition) is 4. The highest BCUT2D eigenvalue weighted by molar-refractivity contribution is 6.00. The van der Waals surface area contributed by atoms with Crippen LogP contribution in [-0.4, -0.2) is 28.5 Å². The number of nitrogens with one attached hydrogen (secondary N) is 1. The van der Waals surface area contributed by atoms with Crippen LogP contribution in [0, 0.1) is 6.92 Å². The summed E-state index contributed by atoms with van der Waals surface area (Å²) in [5.74, 6) is -1.33. The second-order valence-corrected chi connectivity index (χ2v) is 6.39. The lowest BCUT2D eigenvalue weighted by Gasteiger charge is -2.23. The summed E-state index contributed by atoms with van der Waals surface area (Å²) in [5, 5.41) is 0.477. The van der Waals surface area contributed by atoms with E-state index in [9.17, 15) is 22.8 Å². The van der Waals surface area contributed by atoms with Crippen molar-refractivity contribution in [1.82, 2.24) is 9.97 Å². The minimum Gasteiger partial charge on any atom is -0.367 e. The smallest absolute Gasteiger partial charge is 0.367 e. The maximum atomic E-state index is 12.5. The largest absolute Gasteiger partial charge is 0.454 e. The molecule has 0 radical (unpaired) electrons. The monoisotopic (exact) mass is 389 g/mol. The molecule has 8 heteroatoms. The summed E-state index contributed by atoms with van der Waals surface area (Å²) in [6.07, 6.45) is -4.89. The summed E-state index contributed by atoms with van der Waals surface area (Å²) in [5.41, 5.74) is 1.52. The van der Waals surface area contributed by atoms with Crippen LogP contribution in [0.3, 0.4) is 0 Å². The molecule has 1 heterocycles. The molecule has 2 aromatic carbocycles. The number of rotatable bonds is 5. The molecule has 0 amide bonds. The van der Waals surface area contributed by atoms with Gasteiger partial charge in [-0.2, -0.15) is 13.2 Å². The van der Waals surface area contributed by atoms with Crippen molar-refractivity contribution in [3.05, 3.63) is 69.8 Å². The van der Waals surface area contributed by atoms with Gasteiger partial charge in [0.2, 0.25) is 0 Å². The lowest BCUT2D eigenvalue weighted by atomic mass is 10.1. The highest BCUT2D eigenvalue weighted by atomic mass is 19.4. The number of aromatic nitrogens is 2. The molecule has 28 heavy (non-hydrogen) atoms. The van der Waals surface area contributed by atoms with Crippen molar-refractivity contribution in [3.8, 4) is 0 Å². The molecule has 0 aliphatic heterocycles. The number of benzene rings is 2. The zero-order valence-electron chi connectivity index (χ0n) is 15.3. The molecule has 0 atom stereocenters. The summed E-state index contributed by atoms with van der Waals surface area (Å²) < 4.78 is 37.6. The van der Waals surface area contributed by atoms with Gasteiger partial charge in [0.05, 0.1) is 10.9 Å². The van der Waals surface area contributed by atoms with Crippen LogP contribution in [0.1, 0.15) is 28.7 Å². The van der Waals surface area contributed by atoms with Crippen molar-refractivity contribution in [1.29, 1.82) is 0 Å². The third kappa shape index (κ3) is 4.05. The number of carbonyl (C=O) groups excluding carboxylic acids is 1. The Bertz CT molecular complexity index is 1070. The lowest BCUT2D eigenvalue weighted by molar-refractivity contribution is -0.0885. The fourth-order valence-electron chi connectivity index (χ4n) is 2.99. The summed E-state index contributed by atoms with van der Waals surface area (Å²) in [6, 6.07) is 10.7. The van der Waals surface area contributed by atoms with Crippen molar-refractivity contribution in [3.63, 3.8) is 0 Å². The first-order valence-electron chi connectivity index (χ1n) is 8.65. The minimum absolute atomic E-state index is 0.220. The molecular weight excluding hydrogens is 371 g/mol. The van der Waals surface area contributed by atoms with Gasteiger partial charge in [0.1, 0.15) is 5.82 Å². The first-order valence-corrected chi connectivity index (χ1v) is 8.65. The quantitative estimate of drug-likeness (QED) is 0.670. The number of hydrogen-bond donors (Lipinski definition) is 1. The normalized spacial score (nSPS) is 11.6. The van der Waals surface area contributed by atoms with E-state index in [4.69, 9.17) is 0 Å². The molecule has 0 aliphatic carbocycles. The number of carbonyl (C=O) groups is 1. The van der Waals surface area contributed by atoms with Gasteiger partial charge in [-0.05, 0) is 55.8 Å². The number of ketones is 1. The number of alkyl halides is 3. The Balaban J connectivity index is 1.85. The van der Waals surface area contributed by atoms with Crippen LogP contribution in [0.2, 0.25) is 0 Å². The highest BCUT2D eigenvalue weighted by Gasteiger charge is 2.39. The molecule has 0 aliphatic rings. The predicted molar refractivity (Wildman–Crippen MR) is 101 cm³/mol. The zero-order chi connectivity index (χ0) is 20.5. The van der Waals surface area contributed by atoms with Gasteiger partial charge < -0.3 is 9.88 Å². The lowest BCUT2D eigenvalue weighted by Crippen LogP contribution is -2.24. The third-order valence-corrected chi connectivity index (χ3v) is 4.40. The number of halogens is 3. The summed E-state index contributed by atoms with van der Waals surface area (Å²) in [4.78, 5) is 32.3. The number of Topliss-reactive ketones (excluding diaryl/α,β-unsaturated/α-hetero) is 1. The minimum atomic E-state index is -4.89. The van der Waals surface area contributed by atoms with Crippen LogP contribution in [0.5, 0.6) is 0 Å². The molecule has 0 unspecified atom stereocenters. The van der Waals surface area contributed by atoms with Crippen molar-refractivity contribution in [2.75, 3.05) is 11.4 Å².